The van der Waals surface area contributed by atoms with Gasteiger partial charge in [-0.25, -0.2) is 27.5 Å². The molecule has 0 atom stereocenters. The van der Waals surface area contributed by atoms with E-state index in [0.29, 0.717) is 39.7 Å². The molecule has 1 aromatic heterocycles. The van der Waals surface area contributed by atoms with Crippen LogP contribution in [0.25, 0.3) is 17.2 Å². The summed E-state index contributed by atoms with van der Waals surface area (Å²) in [6, 6.07) is 16.1. The lowest BCUT2D eigenvalue weighted by molar-refractivity contribution is 0.415. The maximum Gasteiger partial charge on any atom is 0.264 e. The van der Waals surface area contributed by atoms with Crippen LogP contribution in [-0.2, 0) is 10.0 Å². The minimum absolute atomic E-state index is 0.00912. The molecular weight excluding hydrogens is 503 g/mol. The molecule has 0 unspecified atom stereocenters. The molecule has 0 radical (unpaired) electrons. The number of aromatic nitrogens is 2. The fourth-order valence-corrected chi connectivity index (χ4v) is 5.28. The van der Waals surface area contributed by atoms with E-state index in [1.807, 2.05) is 17.1 Å². The molecule has 0 saturated carbocycles. The molecule has 0 saturated heterocycles. The van der Waals surface area contributed by atoms with Crippen molar-refractivity contribution < 1.29 is 17.5 Å². The zero-order chi connectivity index (χ0) is 25.3. The molecule has 2 heterocycles. The van der Waals surface area contributed by atoms with Gasteiger partial charge in [-0.15, -0.1) is 0 Å². The molecule has 4 aromatic rings. The monoisotopic (exact) mass is 522 g/mol. The minimum atomic E-state index is -3.89. The maximum absolute atomic E-state index is 13.8. The molecule has 36 heavy (non-hydrogen) atoms. The first kappa shape index (κ1) is 23.8. The van der Waals surface area contributed by atoms with E-state index in [9.17, 15) is 12.8 Å². The molecule has 1 aliphatic heterocycles. The Bertz CT molecular complexity index is 1580. The van der Waals surface area contributed by atoms with E-state index in [0.717, 1.165) is 5.69 Å². The highest BCUT2D eigenvalue weighted by atomic mass is 35.5. The lowest BCUT2D eigenvalue weighted by Crippen LogP contribution is -2.22. The Morgan fingerprint density at radius 3 is 2.58 bits per heavy atom. The Hall–Kier alpha value is -3.95. The smallest absolute Gasteiger partial charge is 0.264 e. The summed E-state index contributed by atoms with van der Waals surface area (Å²) in [6.45, 7) is 0.515. The summed E-state index contributed by atoms with van der Waals surface area (Å²) in [5, 5.41) is 0.429. The van der Waals surface area contributed by atoms with Gasteiger partial charge in [0.1, 0.15) is 11.6 Å². The number of anilines is 3. The molecule has 0 amide bonds. The third-order valence-electron chi connectivity index (χ3n) is 5.67. The van der Waals surface area contributed by atoms with Crippen LogP contribution < -0.4 is 14.4 Å². The number of methoxy groups -OCH3 is 1. The highest BCUT2D eigenvalue weighted by molar-refractivity contribution is 7.92. The average molecular weight is 523 g/mol. The van der Waals surface area contributed by atoms with Crippen LogP contribution in [0.4, 0.5) is 21.7 Å². The number of benzene rings is 3. The Morgan fingerprint density at radius 1 is 1.03 bits per heavy atom. The third kappa shape index (κ3) is 4.62. The number of nitrogens with one attached hydrogen (secondary N) is 1. The Labute approximate surface area is 212 Å². The number of hydrogen-bond donors (Lipinski definition) is 1. The van der Waals surface area contributed by atoms with Crippen molar-refractivity contribution in [1.82, 2.24) is 9.97 Å². The van der Waals surface area contributed by atoms with Crippen molar-refractivity contribution in [2.45, 2.75) is 4.90 Å². The van der Waals surface area contributed by atoms with Crippen LogP contribution in [0.1, 0.15) is 5.56 Å². The van der Waals surface area contributed by atoms with Gasteiger partial charge in [-0.3, -0.25) is 0 Å². The molecule has 0 bridgehead atoms. The van der Waals surface area contributed by atoms with E-state index in [4.69, 9.17) is 16.3 Å². The van der Waals surface area contributed by atoms with Crippen molar-refractivity contribution >= 4 is 45.0 Å². The average Bonchev–Trinajstić information content (AvgIpc) is 2.88. The molecule has 1 N–H and O–H groups in total. The van der Waals surface area contributed by atoms with Gasteiger partial charge in [-0.1, -0.05) is 35.9 Å². The van der Waals surface area contributed by atoms with Gasteiger partial charge >= 0.3 is 0 Å². The van der Waals surface area contributed by atoms with Gasteiger partial charge in [0.15, 0.2) is 0 Å². The van der Waals surface area contributed by atoms with Gasteiger partial charge in [0.25, 0.3) is 10.0 Å². The van der Waals surface area contributed by atoms with Crippen LogP contribution in [0.15, 0.2) is 84.0 Å². The molecule has 182 valence electrons. The fraction of sp³-hybridized carbons (Fsp3) is 0.0769. The van der Waals surface area contributed by atoms with E-state index in [1.165, 1.54) is 30.6 Å². The molecule has 0 spiro atoms. The van der Waals surface area contributed by atoms with E-state index in [1.54, 1.807) is 49.6 Å². The summed E-state index contributed by atoms with van der Waals surface area (Å²) >= 11 is 6.63. The van der Waals surface area contributed by atoms with Gasteiger partial charge in [-0.05, 0) is 59.7 Å². The van der Waals surface area contributed by atoms with E-state index in [-0.39, 0.29) is 16.7 Å². The number of rotatable bonds is 6. The summed E-state index contributed by atoms with van der Waals surface area (Å²) in [4.78, 5) is 9.89. The Morgan fingerprint density at radius 2 is 1.83 bits per heavy atom. The molecule has 7 nitrogen and oxygen atoms in total. The lowest BCUT2D eigenvalue weighted by Gasteiger charge is -2.30. The van der Waals surface area contributed by atoms with Crippen LogP contribution in [0.3, 0.4) is 0 Å². The van der Waals surface area contributed by atoms with Gasteiger partial charge in [0, 0.05) is 30.2 Å². The largest absolute Gasteiger partial charge is 0.495 e. The highest BCUT2D eigenvalue weighted by Crippen LogP contribution is 2.43. The number of hydrogen-bond acceptors (Lipinski definition) is 6. The van der Waals surface area contributed by atoms with Gasteiger partial charge < -0.3 is 9.64 Å². The van der Waals surface area contributed by atoms with Gasteiger partial charge in [-0.2, -0.15) is 0 Å². The second kappa shape index (κ2) is 9.60. The standard InChI is InChI=1S/C26H20ClFN4O3S/c1-35-25-15-21(17-5-2-7-19(28)13-17)22(27)16-24(25)32-12-3-6-18-14-20(8-9-23(18)32)36(33,34)31-26-29-10-4-11-30-26/h2-11,13-16H,12H2,1H3,(H,29,30,31). The number of nitrogens with zero attached hydrogens (tertiary/aromatic N) is 3. The molecule has 10 heteroatoms. The number of fused-ring (bicyclic) bond motifs is 1. The Balaban J connectivity index is 1.52. The first-order valence-corrected chi connectivity index (χ1v) is 12.7. The third-order valence-corrected chi connectivity index (χ3v) is 7.31. The van der Waals surface area contributed by atoms with Gasteiger partial charge in [0.2, 0.25) is 5.95 Å². The van der Waals surface area contributed by atoms with E-state index in [2.05, 4.69) is 14.7 Å². The maximum atomic E-state index is 13.8. The molecule has 0 fully saturated rings. The minimum Gasteiger partial charge on any atom is -0.495 e. The van der Waals surface area contributed by atoms with Crippen molar-refractivity contribution in [3.8, 4) is 16.9 Å². The van der Waals surface area contributed by atoms with Crippen molar-refractivity contribution in [3.05, 3.63) is 95.5 Å². The first-order chi connectivity index (χ1) is 17.4. The second-order valence-corrected chi connectivity index (χ2v) is 10.0. The molecular formula is C26H20ClFN4O3S. The summed E-state index contributed by atoms with van der Waals surface area (Å²) in [7, 11) is -2.34. The van der Waals surface area contributed by atoms with Crippen LogP contribution in [0.2, 0.25) is 5.02 Å². The summed E-state index contributed by atoms with van der Waals surface area (Å²) in [5.41, 5.74) is 3.44. The molecule has 1 aliphatic rings. The van der Waals surface area contributed by atoms with E-state index >= 15 is 0 Å². The topological polar surface area (TPSA) is 84.4 Å². The normalized spacial score (nSPS) is 12.8. The predicted octanol–water partition coefficient (Wildman–Crippen LogP) is 5.91. The van der Waals surface area contributed by atoms with Crippen LogP contribution in [0.5, 0.6) is 5.75 Å². The number of ether oxygens (including phenoxy) is 1. The van der Waals surface area contributed by atoms with E-state index < -0.39 is 10.0 Å². The SMILES string of the molecule is COc1cc(-c2cccc(F)c2)c(Cl)cc1N1CC=Cc2cc(S(=O)(=O)Nc3ncccn3)ccc21. The van der Waals surface area contributed by atoms with Crippen LogP contribution in [0, 0.1) is 5.82 Å². The van der Waals surface area contributed by atoms with Gasteiger partial charge in [0.05, 0.1) is 22.7 Å². The predicted molar refractivity (Wildman–Crippen MR) is 139 cm³/mol. The van der Waals surface area contributed by atoms with Crippen LogP contribution in [-0.4, -0.2) is 32.0 Å². The van der Waals surface area contributed by atoms with Crippen molar-refractivity contribution in [3.63, 3.8) is 0 Å². The molecule has 3 aromatic carbocycles. The highest BCUT2D eigenvalue weighted by Gasteiger charge is 2.23. The fourth-order valence-electron chi connectivity index (χ4n) is 4.02. The lowest BCUT2D eigenvalue weighted by atomic mass is 10.0. The number of halogens is 2. The molecule has 5 rings (SSSR count). The first-order valence-electron chi connectivity index (χ1n) is 10.9. The zero-order valence-electron chi connectivity index (χ0n) is 19.0. The summed E-state index contributed by atoms with van der Waals surface area (Å²) in [6.07, 6.45) is 6.69. The number of sulfonamides is 1. The molecule has 0 aliphatic carbocycles. The van der Waals surface area contributed by atoms with Crippen LogP contribution >= 0.6 is 11.6 Å². The van der Waals surface area contributed by atoms with Crippen molar-refractivity contribution in [2.75, 3.05) is 23.3 Å². The Kier molecular flexibility index (Phi) is 6.34. The van der Waals surface area contributed by atoms with Crippen molar-refractivity contribution in [2.24, 2.45) is 0 Å². The zero-order valence-corrected chi connectivity index (χ0v) is 20.6. The second-order valence-electron chi connectivity index (χ2n) is 7.93. The summed E-state index contributed by atoms with van der Waals surface area (Å²) in [5.74, 6) is 0.172. The summed E-state index contributed by atoms with van der Waals surface area (Å²) < 4.78 is 47.6. The quantitative estimate of drug-likeness (QED) is 0.339. The van der Waals surface area contributed by atoms with Crippen molar-refractivity contribution in [1.29, 1.82) is 0 Å².